The number of rotatable bonds is 5. The molecule has 110 valence electrons. The van der Waals surface area contributed by atoms with Gasteiger partial charge in [0.2, 0.25) is 0 Å². The highest BCUT2D eigenvalue weighted by Crippen LogP contribution is 2.35. The molecule has 1 heterocycles. The number of anilines is 1. The number of fused-ring (bicyclic) bond motifs is 1. The highest BCUT2D eigenvalue weighted by atomic mass is 15.2. The van der Waals surface area contributed by atoms with E-state index >= 15 is 0 Å². The van der Waals surface area contributed by atoms with Crippen molar-refractivity contribution in [2.45, 2.75) is 65.0 Å². The Hall–Kier alpha value is -1.09. The van der Waals surface area contributed by atoms with Crippen LogP contribution in [0.15, 0.2) is 6.07 Å². The minimum atomic E-state index is 0.608. The molecule has 0 radical (unpaired) electrons. The topological polar surface area (TPSA) is 42.2 Å². The Bertz CT molecular complexity index is 477. The molecule has 2 N–H and O–H groups in total. The maximum Gasteiger partial charge on any atom is 0.133 e. The van der Waals surface area contributed by atoms with E-state index in [4.69, 9.17) is 10.7 Å². The molecule has 2 aliphatic carbocycles. The van der Waals surface area contributed by atoms with Crippen LogP contribution in [0.2, 0.25) is 0 Å². The van der Waals surface area contributed by atoms with Crippen molar-refractivity contribution in [1.29, 1.82) is 0 Å². The maximum atomic E-state index is 6.01. The van der Waals surface area contributed by atoms with Crippen LogP contribution in [0.25, 0.3) is 0 Å². The normalized spacial score (nSPS) is 18.2. The fraction of sp³-hybridized carbons (Fsp3) is 0.706. The van der Waals surface area contributed by atoms with E-state index < -0.39 is 0 Å². The minimum absolute atomic E-state index is 0.608. The molecule has 2 aliphatic rings. The van der Waals surface area contributed by atoms with Crippen molar-refractivity contribution in [1.82, 2.24) is 4.98 Å². The number of aryl methyl sites for hydroxylation is 2. The number of pyridine rings is 1. The van der Waals surface area contributed by atoms with E-state index in [1.165, 1.54) is 54.7 Å². The van der Waals surface area contributed by atoms with Crippen molar-refractivity contribution in [3.05, 3.63) is 22.9 Å². The maximum absolute atomic E-state index is 6.01. The van der Waals surface area contributed by atoms with Gasteiger partial charge in [-0.3, -0.25) is 0 Å². The zero-order valence-electron chi connectivity index (χ0n) is 12.9. The summed E-state index contributed by atoms with van der Waals surface area (Å²) in [6.45, 7) is 6.28. The SMILES string of the molecule is CC(C)CN(c1nc2c(cc1CN)CCCC2)C1CC1. The zero-order valence-corrected chi connectivity index (χ0v) is 12.9. The fourth-order valence-electron chi connectivity index (χ4n) is 3.26. The summed E-state index contributed by atoms with van der Waals surface area (Å²) in [5.41, 5.74) is 10.0. The molecular formula is C17H27N3. The second-order valence-corrected chi connectivity index (χ2v) is 6.77. The lowest BCUT2D eigenvalue weighted by atomic mass is 9.94. The molecular weight excluding hydrogens is 246 g/mol. The quantitative estimate of drug-likeness (QED) is 0.896. The highest BCUT2D eigenvalue weighted by molar-refractivity contribution is 5.52. The standard InChI is InChI=1S/C17H27N3/c1-12(2)11-20(15-7-8-15)17-14(10-18)9-13-5-3-4-6-16(13)19-17/h9,12,15H,3-8,10-11,18H2,1-2H3. The van der Waals surface area contributed by atoms with Crippen LogP contribution in [0, 0.1) is 5.92 Å². The second-order valence-electron chi connectivity index (χ2n) is 6.77. The molecule has 3 heteroatoms. The molecule has 0 aromatic carbocycles. The van der Waals surface area contributed by atoms with Crippen molar-refractivity contribution < 1.29 is 0 Å². The van der Waals surface area contributed by atoms with Gasteiger partial charge in [-0.25, -0.2) is 4.98 Å². The van der Waals surface area contributed by atoms with Crippen LogP contribution < -0.4 is 10.6 Å². The third-order valence-electron chi connectivity index (χ3n) is 4.40. The van der Waals surface area contributed by atoms with E-state index in [2.05, 4.69) is 24.8 Å². The molecule has 3 rings (SSSR count). The van der Waals surface area contributed by atoms with Gasteiger partial charge in [-0.05, 0) is 56.1 Å². The van der Waals surface area contributed by atoms with Gasteiger partial charge >= 0.3 is 0 Å². The molecule has 1 aromatic heterocycles. The molecule has 20 heavy (non-hydrogen) atoms. The monoisotopic (exact) mass is 273 g/mol. The predicted octanol–water partition coefficient (Wildman–Crippen LogP) is 3.04. The first-order valence-corrected chi connectivity index (χ1v) is 8.17. The van der Waals surface area contributed by atoms with Gasteiger partial charge in [0.1, 0.15) is 5.82 Å². The van der Waals surface area contributed by atoms with Gasteiger partial charge in [0.15, 0.2) is 0 Å². The number of aromatic nitrogens is 1. The highest BCUT2D eigenvalue weighted by Gasteiger charge is 2.32. The Morgan fingerprint density at radius 3 is 2.70 bits per heavy atom. The van der Waals surface area contributed by atoms with Crippen molar-refractivity contribution in [3.63, 3.8) is 0 Å². The lowest BCUT2D eigenvalue weighted by molar-refractivity contribution is 0.596. The molecule has 1 fully saturated rings. The number of hydrogen-bond donors (Lipinski definition) is 1. The number of nitrogens with two attached hydrogens (primary N) is 1. The van der Waals surface area contributed by atoms with Crippen LogP contribution >= 0.6 is 0 Å². The summed E-state index contributed by atoms with van der Waals surface area (Å²) in [6.07, 6.45) is 7.55. The second kappa shape index (κ2) is 5.72. The summed E-state index contributed by atoms with van der Waals surface area (Å²) < 4.78 is 0. The van der Waals surface area contributed by atoms with E-state index in [-0.39, 0.29) is 0 Å². The molecule has 0 unspecified atom stereocenters. The lowest BCUT2D eigenvalue weighted by Crippen LogP contribution is -2.32. The Labute approximate surface area is 122 Å². The first-order chi connectivity index (χ1) is 9.69. The van der Waals surface area contributed by atoms with Crippen LogP contribution in [0.1, 0.15) is 56.4 Å². The van der Waals surface area contributed by atoms with Crippen LogP contribution in [0.5, 0.6) is 0 Å². The summed E-state index contributed by atoms with van der Waals surface area (Å²) in [4.78, 5) is 7.57. The van der Waals surface area contributed by atoms with Gasteiger partial charge in [-0.2, -0.15) is 0 Å². The third-order valence-corrected chi connectivity index (χ3v) is 4.40. The summed E-state index contributed by atoms with van der Waals surface area (Å²) in [6, 6.07) is 3.05. The van der Waals surface area contributed by atoms with Gasteiger partial charge in [0, 0.05) is 30.4 Å². The minimum Gasteiger partial charge on any atom is -0.353 e. The summed E-state index contributed by atoms with van der Waals surface area (Å²) in [7, 11) is 0. The number of hydrogen-bond acceptors (Lipinski definition) is 3. The summed E-state index contributed by atoms with van der Waals surface area (Å²) >= 11 is 0. The first-order valence-electron chi connectivity index (χ1n) is 8.17. The molecule has 0 amide bonds. The molecule has 0 bridgehead atoms. The average Bonchev–Trinajstić information content (AvgIpc) is 3.27. The molecule has 0 saturated heterocycles. The molecule has 3 nitrogen and oxygen atoms in total. The lowest BCUT2D eigenvalue weighted by Gasteiger charge is -2.29. The number of nitrogens with zero attached hydrogens (tertiary/aromatic N) is 2. The van der Waals surface area contributed by atoms with Crippen molar-refractivity contribution in [2.75, 3.05) is 11.4 Å². The van der Waals surface area contributed by atoms with Crippen LogP contribution in [0.3, 0.4) is 0 Å². The fourth-order valence-corrected chi connectivity index (χ4v) is 3.26. The van der Waals surface area contributed by atoms with Crippen molar-refractivity contribution in [3.8, 4) is 0 Å². The van der Waals surface area contributed by atoms with Gasteiger partial charge < -0.3 is 10.6 Å². The summed E-state index contributed by atoms with van der Waals surface area (Å²) in [5, 5.41) is 0. The van der Waals surface area contributed by atoms with Gasteiger partial charge in [0.05, 0.1) is 0 Å². The Morgan fingerprint density at radius 2 is 2.05 bits per heavy atom. The van der Waals surface area contributed by atoms with E-state index in [0.29, 0.717) is 18.5 Å². The van der Waals surface area contributed by atoms with Crippen LogP contribution in [-0.2, 0) is 19.4 Å². The molecule has 0 atom stereocenters. The molecule has 1 saturated carbocycles. The van der Waals surface area contributed by atoms with Crippen molar-refractivity contribution in [2.24, 2.45) is 11.7 Å². The predicted molar refractivity (Wildman–Crippen MR) is 84.0 cm³/mol. The smallest absolute Gasteiger partial charge is 0.133 e. The third kappa shape index (κ3) is 2.83. The van der Waals surface area contributed by atoms with E-state index in [9.17, 15) is 0 Å². The Balaban J connectivity index is 1.96. The van der Waals surface area contributed by atoms with E-state index in [1.54, 1.807) is 0 Å². The largest absolute Gasteiger partial charge is 0.353 e. The molecule has 0 aliphatic heterocycles. The van der Waals surface area contributed by atoms with Crippen molar-refractivity contribution >= 4 is 5.82 Å². The van der Waals surface area contributed by atoms with E-state index in [1.807, 2.05) is 0 Å². The van der Waals surface area contributed by atoms with Crippen LogP contribution in [-0.4, -0.2) is 17.6 Å². The van der Waals surface area contributed by atoms with Crippen LogP contribution in [0.4, 0.5) is 5.82 Å². The zero-order chi connectivity index (χ0) is 14.1. The van der Waals surface area contributed by atoms with E-state index in [0.717, 1.165) is 13.0 Å². The average molecular weight is 273 g/mol. The molecule has 0 spiro atoms. The Kier molecular flexibility index (Phi) is 3.97. The van der Waals surface area contributed by atoms with Gasteiger partial charge in [-0.1, -0.05) is 13.8 Å². The van der Waals surface area contributed by atoms with Gasteiger partial charge in [-0.15, -0.1) is 0 Å². The van der Waals surface area contributed by atoms with Gasteiger partial charge in [0.25, 0.3) is 0 Å². The molecule has 1 aromatic rings. The summed E-state index contributed by atoms with van der Waals surface area (Å²) in [5.74, 6) is 1.85. The first kappa shape index (κ1) is 13.9. The Morgan fingerprint density at radius 1 is 1.30 bits per heavy atom.